The second kappa shape index (κ2) is 7.91. The number of para-hydroxylation sites is 2. The number of carbonyl (C=O) groups is 1. The maximum absolute atomic E-state index is 13.4. The van der Waals surface area contributed by atoms with Gasteiger partial charge in [-0.1, -0.05) is 72.8 Å². The van der Waals surface area contributed by atoms with Gasteiger partial charge in [0.25, 0.3) is 0 Å². The zero-order chi connectivity index (χ0) is 21.2. The first-order valence-electron chi connectivity index (χ1n) is 10.1. The van der Waals surface area contributed by atoms with Gasteiger partial charge in [-0.3, -0.25) is 9.79 Å². The minimum Gasteiger partial charge on any atom is -0.412 e. The number of guanidine groups is 1. The number of allylic oxidation sites excluding steroid dienone is 1. The van der Waals surface area contributed by atoms with Crippen molar-refractivity contribution in [2.24, 2.45) is 0 Å². The molecule has 5 rings (SSSR count). The second-order valence-electron chi connectivity index (χ2n) is 7.33. The molecule has 0 radical (unpaired) electrons. The third-order valence-electron chi connectivity index (χ3n) is 5.23. The Morgan fingerprint density at radius 1 is 0.968 bits per heavy atom. The van der Waals surface area contributed by atoms with Crippen LogP contribution in [0.15, 0.2) is 101 Å². The number of hydrogen-bond acceptors (Lipinski definition) is 5. The summed E-state index contributed by atoms with van der Waals surface area (Å²) in [5.74, 6) is 0.579. The summed E-state index contributed by atoms with van der Waals surface area (Å²) >= 11 is 0. The standard InChI is InChI=1S/C25H20N4O2/c1-16-21(23(30)18-12-6-3-7-13-18)22(17-10-4-2-5-11-17)28-24(26-16)29-25-27-19-14-8-9-15-20(19)31-25/h2-15,22H,1H3,(H2,26,27,28,29)/p+1/t22-/m0/s1. The first-order chi connectivity index (χ1) is 15.2. The van der Waals surface area contributed by atoms with E-state index in [1.807, 2.05) is 91.9 Å². The van der Waals surface area contributed by atoms with Crippen LogP contribution in [0.25, 0.3) is 11.1 Å². The van der Waals surface area contributed by atoms with Gasteiger partial charge in [-0.15, -0.1) is 0 Å². The number of nitrogens with zero attached hydrogens (tertiary/aromatic N) is 1. The van der Waals surface area contributed by atoms with Crippen LogP contribution < -0.4 is 15.6 Å². The Bertz CT molecular complexity index is 1270. The van der Waals surface area contributed by atoms with E-state index in [1.165, 1.54) is 0 Å². The van der Waals surface area contributed by atoms with Crippen LogP contribution in [-0.2, 0) is 0 Å². The number of hydrogen-bond donors (Lipinski definition) is 3. The van der Waals surface area contributed by atoms with Crippen molar-refractivity contribution in [3.8, 4) is 0 Å². The molecular weight excluding hydrogens is 388 g/mol. The van der Waals surface area contributed by atoms with Crippen LogP contribution in [0.3, 0.4) is 0 Å². The van der Waals surface area contributed by atoms with E-state index in [9.17, 15) is 4.79 Å². The molecule has 1 aliphatic heterocycles. The van der Waals surface area contributed by atoms with Crippen LogP contribution in [0.5, 0.6) is 0 Å². The van der Waals surface area contributed by atoms with Crippen molar-refractivity contribution < 1.29 is 14.2 Å². The molecule has 31 heavy (non-hydrogen) atoms. The van der Waals surface area contributed by atoms with Gasteiger partial charge < -0.3 is 4.42 Å². The number of nitrogens with one attached hydrogen (secondary N) is 3. The van der Waals surface area contributed by atoms with Gasteiger partial charge in [0.05, 0.1) is 11.3 Å². The topological polar surface area (TPSA) is 81.1 Å². The van der Waals surface area contributed by atoms with Crippen molar-refractivity contribution in [2.75, 3.05) is 5.32 Å². The molecule has 6 nitrogen and oxygen atoms in total. The molecule has 0 fully saturated rings. The Morgan fingerprint density at radius 3 is 2.39 bits per heavy atom. The minimum absolute atomic E-state index is 0.0205. The van der Waals surface area contributed by atoms with E-state index in [4.69, 9.17) is 4.42 Å². The first-order valence-corrected chi connectivity index (χ1v) is 10.1. The highest BCUT2D eigenvalue weighted by Crippen LogP contribution is 2.25. The third kappa shape index (κ3) is 3.71. The van der Waals surface area contributed by atoms with Crippen molar-refractivity contribution in [1.29, 1.82) is 0 Å². The van der Waals surface area contributed by atoms with Crippen LogP contribution in [0.1, 0.15) is 28.9 Å². The zero-order valence-corrected chi connectivity index (χ0v) is 16.9. The molecule has 1 atom stereocenters. The Hall–Kier alpha value is -4.19. The molecule has 0 amide bonds. The van der Waals surface area contributed by atoms with Gasteiger partial charge in [-0.05, 0) is 24.6 Å². The molecule has 0 saturated heterocycles. The molecule has 4 aromatic rings. The van der Waals surface area contributed by atoms with Crippen LogP contribution in [0.2, 0.25) is 0 Å². The highest BCUT2D eigenvalue weighted by molar-refractivity contribution is 6.10. The molecule has 2 heterocycles. The highest BCUT2D eigenvalue weighted by atomic mass is 16.4. The van der Waals surface area contributed by atoms with E-state index in [0.29, 0.717) is 28.7 Å². The fourth-order valence-electron chi connectivity index (χ4n) is 3.77. The monoisotopic (exact) mass is 409 g/mol. The lowest BCUT2D eigenvalue weighted by molar-refractivity contribution is -0.501. The number of oxazole rings is 1. The highest BCUT2D eigenvalue weighted by Gasteiger charge is 2.33. The lowest BCUT2D eigenvalue weighted by Crippen LogP contribution is -2.81. The summed E-state index contributed by atoms with van der Waals surface area (Å²) in [7, 11) is 0. The molecule has 152 valence electrons. The number of anilines is 1. The molecule has 0 saturated carbocycles. The summed E-state index contributed by atoms with van der Waals surface area (Å²) < 4.78 is 5.78. The van der Waals surface area contributed by atoms with Gasteiger partial charge in [-0.25, -0.2) is 5.32 Å². The summed E-state index contributed by atoms with van der Waals surface area (Å²) in [5, 5.41) is 6.43. The number of carbonyl (C=O) groups excluding carboxylic acids is 1. The van der Waals surface area contributed by atoms with Gasteiger partial charge in [-0.2, -0.15) is 10.3 Å². The van der Waals surface area contributed by atoms with Crippen molar-refractivity contribution in [3.63, 3.8) is 0 Å². The summed E-state index contributed by atoms with van der Waals surface area (Å²) in [5.41, 5.74) is 4.54. The molecule has 0 unspecified atom stereocenters. The minimum atomic E-state index is -0.331. The maximum atomic E-state index is 13.4. The molecule has 0 spiro atoms. The molecular formula is C25H21N4O2+. The van der Waals surface area contributed by atoms with Crippen molar-refractivity contribution in [2.45, 2.75) is 13.0 Å². The Kier molecular flexibility index (Phi) is 4.80. The number of benzene rings is 3. The van der Waals surface area contributed by atoms with Crippen LogP contribution in [-0.4, -0.2) is 16.7 Å². The van der Waals surface area contributed by atoms with Crippen molar-refractivity contribution in [3.05, 3.63) is 107 Å². The molecule has 6 heteroatoms. The third-order valence-corrected chi connectivity index (χ3v) is 5.23. The average Bonchev–Trinajstić information content (AvgIpc) is 3.22. The van der Waals surface area contributed by atoms with E-state index in [-0.39, 0.29) is 11.8 Å². The number of ketones is 1. The van der Waals surface area contributed by atoms with E-state index < -0.39 is 0 Å². The number of fused-ring (bicyclic) bond motifs is 1. The van der Waals surface area contributed by atoms with E-state index in [1.54, 1.807) is 0 Å². The largest absolute Gasteiger partial charge is 0.412 e. The second-order valence-corrected chi connectivity index (χ2v) is 7.33. The Balaban J connectivity index is 1.52. The van der Waals surface area contributed by atoms with Gasteiger partial charge in [0, 0.05) is 5.56 Å². The quantitative estimate of drug-likeness (QED) is 0.451. The molecule has 0 bridgehead atoms. The zero-order valence-electron chi connectivity index (χ0n) is 16.9. The molecule has 3 N–H and O–H groups in total. The van der Waals surface area contributed by atoms with Gasteiger partial charge in [0.15, 0.2) is 11.4 Å². The fourth-order valence-corrected chi connectivity index (χ4v) is 3.77. The van der Waals surface area contributed by atoms with Crippen LogP contribution >= 0.6 is 0 Å². The smallest absolute Gasteiger partial charge is 0.365 e. The van der Waals surface area contributed by atoms with Gasteiger partial charge in [0.2, 0.25) is 0 Å². The molecule has 1 aromatic heterocycles. The number of rotatable bonds is 4. The Labute approximate surface area is 179 Å². The molecule has 1 aliphatic rings. The summed E-state index contributed by atoms with van der Waals surface area (Å²) in [6.45, 7) is 1.90. The lowest BCUT2D eigenvalue weighted by Gasteiger charge is -2.22. The fraction of sp³-hybridized carbons (Fsp3) is 0.0800. The van der Waals surface area contributed by atoms with Crippen LogP contribution in [0, 0.1) is 0 Å². The first kappa shape index (κ1) is 18.8. The predicted molar refractivity (Wildman–Crippen MR) is 119 cm³/mol. The molecule has 3 aromatic carbocycles. The van der Waals surface area contributed by atoms with E-state index in [0.717, 1.165) is 16.8 Å². The van der Waals surface area contributed by atoms with Gasteiger partial charge in [0.1, 0.15) is 11.6 Å². The van der Waals surface area contributed by atoms with Crippen LogP contribution in [0.4, 0.5) is 6.01 Å². The molecule has 0 aliphatic carbocycles. The number of aromatic nitrogens is 1. The van der Waals surface area contributed by atoms with E-state index >= 15 is 0 Å². The van der Waals surface area contributed by atoms with E-state index in [2.05, 4.69) is 20.6 Å². The summed E-state index contributed by atoms with van der Waals surface area (Å²) in [6.07, 6.45) is 0. The normalized spacial score (nSPS) is 16.0. The van der Waals surface area contributed by atoms with Crippen molar-refractivity contribution >= 4 is 28.9 Å². The maximum Gasteiger partial charge on any atom is 0.365 e. The number of Topliss-reactive ketones (excluding diaryl/α,β-unsaturated/α-hetero) is 1. The van der Waals surface area contributed by atoms with Gasteiger partial charge >= 0.3 is 12.0 Å². The van der Waals surface area contributed by atoms with Crippen molar-refractivity contribution in [1.82, 2.24) is 10.3 Å². The summed E-state index contributed by atoms with van der Waals surface area (Å²) in [6, 6.07) is 26.8. The lowest BCUT2D eigenvalue weighted by atomic mass is 9.90. The average molecular weight is 409 g/mol. The summed E-state index contributed by atoms with van der Waals surface area (Å²) in [4.78, 5) is 21.3. The SMILES string of the molecule is CC1=C(C(=O)c2ccccc2)[C@H](c2ccccc2)[NH+]=C(Nc2nc3ccccc3o2)N1. The predicted octanol–water partition coefficient (Wildman–Crippen LogP) is 3.18. The Morgan fingerprint density at radius 2 is 1.65 bits per heavy atom.